The second kappa shape index (κ2) is 3.40. The number of furan rings is 1. The molecule has 1 N–H and O–H groups in total. The van der Waals surface area contributed by atoms with Crippen LogP contribution < -0.4 is 0 Å². The van der Waals surface area contributed by atoms with Crippen LogP contribution in [0.15, 0.2) is 31.8 Å². The Morgan fingerprint density at radius 1 is 1.36 bits per heavy atom. The molecular weight excluding hydrogens is 316 g/mol. The van der Waals surface area contributed by atoms with Crippen LogP contribution in [0.4, 0.5) is 0 Å². The van der Waals surface area contributed by atoms with Crippen molar-refractivity contribution in [2.24, 2.45) is 0 Å². The van der Waals surface area contributed by atoms with Crippen molar-refractivity contribution in [1.29, 1.82) is 0 Å². The minimum absolute atomic E-state index is 0.242. The molecule has 14 heavy (non-hydrogen) atoms. The summed E-state index contributed by atoms with van der Waals surface area (Å²) in [4.78, 5) is 10.7. The van der Waals surface area contributed by atoms with Gasteiger partial charge in [-0.15, -0.1) is 0 Å². The first-order valence-electron chi connectivity index (χ1n) is 3.70. The minimum atomic E-state index is -0.948. The summed E-state index contributed by atoms with van der Waals surface area (Å²) in [5, 5.41) is 9.53. The lowest BCUT2D eigenvalue weighted by Crippen LogP contribution is -1.94. The average Bonchev–Trinajstić information content (AvgIpc) is 2.43. The maximum Gasteiger partial charge on any atom is 0.335 e. The van der Waals surface area contributed by atoms with Gasteiger partial charge < -0.3 is 9.52 Å². The summed E-state index contributed by atoms with van der Waals surface area (Å²) >= 11 is 6.51. The van der Waals surface area contributed by atoms with Gasteiger partial charge in [-0.2, -0.15) is 0 Å². The van der Waals surface area contributed by atoms with Crippen LogP contribution in [-0.4, -0.2) is 11.1 Å². The lowest BCUT2D eigenvalue weighted by molar-refractivity contribution is 0.0697. The van der Waals surface area contributed by atoms with Crippen LogP contribution in [0.1, 0.15) is 10.4 Å². The van der Waals surface area contributed by atoms with Crippen LogP contribution in [0.25, 0.3) is 11.0 Å². The summed E-state index contributed by atoms with van der Waals surface area (Å²) in [6.07, 6.45) is 0. The molecule has 0 aliphatic rings. The standard InChI is InChI=1S/C9H4Br2O3/c10-7-5-3-4(9(12)13)1-2-6(5)14-8(7)11/h1-3H,(H,12,13). The van der Waals surface area contributed by atoms with E-state index in [4.69, 9.17) is 9.52 Å². The highest BCUT2D eigenvalue weighted by molar-refractivity contribution is 9.13. The van der Waals surface area contributed by atoms with Crippen molar-refractivity contribution in [3.63, 3.8) is 0 Å². The van der Waals surface area contributed by atoms with E-state index in [0.29, 0.717) is 10.3 Å². The summed E-state index contributed by atoms with van der Waals surface area (Å²) in [6.45, 7) is 0. The van der Waals surface area contributed by atoms with Gasteiger partial charge in [-0.3, -0.25) is 0 Å². The second-order valence-electron chi connectivity index (χ2n) is 2.71. The van der Waals surface area contributed by atoms with Gasteiger partial charge in [0.2, 0.25) is 0 Å². The molecule has 0 unspecified atom stereocenters. The SMILES string of the molecule is O=C(O)c1ccc2oc(Br)c(Br)c2c1. The molecular formula is C9H4Br2O3. The number of benzene rings is 1. The van der Waals surface area contributed by atoms with Crippen molar-refractivity contribution in [3.8, 4) is 0 Å². The lowest BCUT2D eigenvalue weighted by Gasteiger charge is -1.93. The summed E-state index contributed by atoms with van der Waals surface area (Å²) < 4.78 is 6.61. The first kappa shape index (κ1) is 9.73. The monoisotopic (exact) mass is 318 g/mol. The third kappa shape index (κ3) is 1.46. The van der Waals surface area contributed by atoms with Gasteiger partial charge in [0.25, 0.3) is 0 Å². The highest BCUT2D eigenvalue weighted by Crippen LogP contribution is 2.34. The van der Waals surface area contributed by atoms with E-state index in [1.165, 1.54) is 6.07 Å². The molecule has 2 rings (SSSR count). The van der Waals surface area contributed by atoms with Gasteiger partial charge in [-0.25, -0.2) is 4.79 Å². The Balaban J connectivity index is 2.76. The van der Waals surface area contributed by atoms with E-state index in [0.717, 1.165) is 9.86 Å². The van der Waals surface area contributed by atoms with Crippen LogP contribution in [0.2, 0.25) is 0 Å². The molecule has 2 aromatic rings. The Hall–Kier alpha value is -0.810. The zero-order chi connectivity index (χ0) is 10.3. The first-order chi connectivity index (χ1) is 6.59. The molecule has 0 fully saturated rings. The number of fused-ring (bicyclic) bond motifs is 1. The van der Waals surface area contributed by atoms with Crippen LogP contribution in [0.5, 0.6) is 0 Å². The van der Waals surface area contributed by atoms with E-state index in [1.54, 1.807) is 12.1 Å². The number of halogens is 2. The Kier molecular flexibility index (Phi) is 2.36. The molecule has 0 aliphatic heterocycles. The van der Waals surface area contributed by atoms with Crippen LogP contribution in [0, 0.1) is 0 Å². The molecule has 0 atom stereocenters. The van der Waals surface area contributed by atoms with Gasteiger partial charge in [0.05, 0.1) is 10.0 Å². The van der Waals surface area contributed by atoms with E-state index in [9.17, 15) is 4.79 Å². The van der Waals surface area contributed by atoms with E-state index in [2.05, 4.69) is 31.9 Å². The number of carboxylic acids is 1. The van der Waals surface area contributed by atoms with Crippen LogP contribution in [-0.2, 0) is 0 Å². The number of carboxylic acid groups (broad SMARTS) is 1. The van der Waals surface area contributed by atoms with E-state index >= 15 is 0 Å². The van der Waals surface area contributed by atoms with E-state index in [1.807, 2.05) is 0 Å². The molecule has 5 heteroatoms. The largest absolute Gasteiger partial charge is 0.478 e. The molecule has 0 spiro atoms. The van der Waals surface area contributed by atoms with Gasteiger partial charge in [-0.05, 0) is 50.1 Å². The van der Waals surface area contributed by atoms with Gasteiger partial charge in [0.15, 0.2) is 4.67 Å². The Bertz CT molecular complexity index is 516. The number of aromatic carboxylic acids is 1. The number of hydrogen-bond acceptors (Lipinski definition) is 2. The second-order valence-corrected chi connectivity index (χ2v) is 4.22. The van der Waals surface area contributed by atoms with Crippen molar-refractivity contribution in [2.75, 3.05) is 0 Å². The fourth-order valence-corrected chi connectivity index (χ4v) is 1.95. The molecule has 1 aromatic carbocycles. The molecule has 1 aromatic heterocycles. The summed E-state index contributed by atoms with van der Waals surface area (Å²) in [7, 11) is 0. The predicted molar refractivity (Wildman–Crippen MR) is 58.6 cm³/mol. The molecule has 0 aliphatic carbocycles. The quantitative estimate of drug-likeness (QED) is 0.872. The van der Waals surface area contributed by atoms with Crippen molar-refractivity contribution in [3.05, 3.63) is 32.9 Å². The van der Waals surface area contributed by atoms with Crippen molar-refractivity contribution in [1.82, 2.24) is 0 Å². The Morgan fingerprint density at radius 3 is 2.71 bits per heavy atom. The first-order valence-corrected chi connectivity index (χ1v) is 5.29. The topological polar surface area (TPSA) is 50.4 Å². The molecule has 0 radical (unpaired) electrons. The maximum absolute atomic E-state index is 10.7. The molecule has 0 saturated heterocycles. The highest BCUT2D eigenvalue weighted by atomic mass is 79.9. The number of hydrogen-bond donors (Lipinski definition) is 1. The molecule has 3 nitrogen and oxygen atoms in total. The zero-order valence-electron chi connectivity index (χ0n) is 6.75. The number of carbonyl (C=O) groups is 1. The lowest BCUT2D eigenvalue weighted by atomic mass is 10.2. The van der Waals surface area contributed by atoms with Crippen molar-refractivity contribution in [2.45, 2.75) is 0 Å². The van der Waals surface area contributed by atoms with Gasteiger partial charge in [-0.1, -0.05) is 0 Å². The van der Waals surface area contributed by atoms with E-state index in [-0.39, 0.29) is 5.56 Å². The highest BCUT2D eigenvalue weighted by Gasteiger charge is 2.11. The molecule has 0 bridgehead atoms. The third-order valence-electron chi connectivity index (χ3n) is 1.84. The summed E-state index contributed by atoms with van der Waals surface area (Å²) in [6, 6.07) is 4.71. The maximum atomic E-state index is 10.7. The fourth-order valence-electron chi connectivity index (χ4n) is 1.17. The predicted octanol–water partition coefficient (Wildman–Crippen LogP) is 3.66. The van der Waals surface area contributed by atoms with Crippen LogP contribution >= 0.6 is 31.9 Å². The van der Waals surface area contributed by atoms with E-state index < -0.39 is 5.97 Å². The third-order valence-corrected chi connectivity index (χ3v) is 3.71. The normalized spacial score (nSPS) is 10.7. The van der Waals surface area contributed by atoms with Gasteiger partial charge in [0.1, 0.15) is 5.58 Å². The molecule has 0 amide bonds. The van der Waals surface area contributed by atoms with Gasteiger partial charge in [0, 0.05) is 5.39 Å². The Labute approximate surface area is 96.0 Å². The summed E-state index contributed by atoms with van der Waals surface area (Å²) in [5.41, 5.74) is 0.889. The zero-order valence-corrected chi connectivity index (χ0v) is 9.92. The molecule has 0 saturated carbocycles. The number of rotatable bonds is 1. The van der Waals surface area contributed by atoms with Crippen LogP contribution in [0.3, 0.4) is 0 Å². The molecule has 72 valence electrons. The Morgan fingerprint density at radius 2 is 2.07 bits per heavy atom. The fraction of sp³-hybridized carbons (Fsp3) is 0. The average molecular weight is 320 g/mol. The molecule has 1 heterocycles. The summed E-state index contributed by atoms with van der Waals surface area (Å²) in [5.74, 6) is -0.948. The van der Waals surface area contributed by atoms with Gasteiger partial charge >= 0.3 is 5.97 Å². The smallest absolute Gasteiger partial charge is 0.335 e. The van der Waals surface area contributed by atoms with Crippen molar-refractivity contribution >= 4 is 48.8 Å². The van der Waals surface area contributed by atoms with Crippen molar-refractivity contribution < 1.29 is 14.3 Å². The minimum Gasteiger partial charge on any atom is -0.478 e.